The monoisotopic (exact) mass is 495 g/mol. The second kappa shape index (κ2) is 24.0. The number of hydrogen-bond donors (Lipinski definition) is 1. The van der Waals surface area contributed by atoms with Crippen molar-refractivity contribution in [2.45, 2.75) is 78.1 Å². The van der Waals surface area contributed by atoms with Crippen molar-refractivity contribution in [2.75, 3.05) is 64.8 Å². The van der Waals surface area contributed by atoms with Crippen LogP contribution in [-0.4, -0.2) is 65.4 Å². The van der Waals surface area contributed by atoms with Crippen molar-refractivity contribution in [3.8, 4) is 5.75 Å². The average Bonchev–Trinajstić information content (AvgIpc) is 2.85. The van der Waals surface area contributed by atoms with E-state index in [1.807, 2.05) is 12.1 Å². The number of hydrogen-bond acceptors (Lipinski definition) is 6. The number of benzene rings is 1. The van der Waals surface area contributed by atoms with E-state index in [4.69, 9.17) is 23.7 Å². The van der Waals surface area contributed by atoms with Crippen molar-refractivity contribution in [1.82, 2.24) is 0 Å². The Kier molecular flexibility index (Phi) is 21.5. The average molecular weight is 496 g/mol. The third-order valence-electron chi connectivity index (χ3n) is 5.43. The number of unbranched alkanes of at least 4 members (excludes halogenated alkanes) is 9. The van der Waals surface area contributed by atoms with Gasteiger partial charge in [-0.3, -0.25) is 4.79 Å². The first-order valence-corrected chi connectivity index (χ1v) is 13.5. The van der Waals surface area contributed by atoms with Crippen molar-refractivity contribution < 1.29 is 28.5 Å². The molecule has 0 aliphatic rings. The van der Waals surface area contributed by atoms with Gasteiger partial charge in [0.2, 0.25) is 5.91 Å². The van der Waals surface area contributed by atoms with Gasteiger partial charge in [0.1, 0.15) is 12.4 Å². The molecular formula is C28H49NO6. The second-order valence-electron chi connectivity index (χ2n) is 8.69. The number of ether oxygens (including phenoxy) is 5. The van der Waals surface area contributed by atoms with Crippen LogP contribution in [0.1, 0.15) is 78.1 Å². The molecule has 0 spiro atoms. The summed E-state index contributed by atoms with van der Waals surface area (Å²) in [6, 6.07) is 7.24. The van der Waals surface area contributed by atoms with Crippen molar-refractivity contribution in [1.29, 1.82) is 0 Å². The minimum atomic E-state index is -0.0929. The van der Waals surface area contributed by atoms with E-state index in [2.05, 4.69) is 12.2 Å². The van der Waals surface area contributed by atoms with Gasteiger partial charge in [0.05, 0.1) is 46.2 Å². The topological polar surface area (TPSA) is 75.2 Å². The maximum Gasteiger partial charge on any atom is 0.221 e. The van der Waals surface area contributed by atoms with E-state index < -0.39 is 0 Å². The molecule has 1 amide bonds. The van der Waals surface area contributed by atoms with Crippen LogP contribution < -0.4 is 10.1 Å². The number of nitrogens with one attached hydrogen (secondary N) is 1. The van der Waals surface area contributed by atoms with Gasteiger partial charge in [-0.05, 0) is 30.7 Å². The van der Waals surface area contributed by atoms with E-state index >= 15 is 0 Å². The molecule has 0 fully saturated rings. The quantitative estimate of drug-likeness (QED) is 0.167. The van der Waals surface area contributed by atoms with Crippen LogP contribution in [0.4, 0.5) is 5.69 Å². The summed E-state index contributed by atoms with van der Waals surface area (Å²) in [4.78, 5) is 11.0. The minimum Gasteiger partial charge on any atom is -0.491 e. The lowest BCUT2D eigenvalue weighted by atomic mass is 10.1. The molecule has 7 nitrogen and oxygen atoms in total. The Morgan fingerprint density at radius 1 is 0.600 bits per heavy atom. The Hall–Kier alpha value is -1.67. The number of anilines is 1. The Morgan fingerprint density at radius 3 is 1.51 bits per heavy atom. The number of amides is 1. The third kappa shape index (κ3) is 21.3. The van der Waals surface area contributed by atoms with Gasteiger partial charge in [-0.15, -0.1) is 0 Å². The summed E-state index contributed by atoms with van der Waals surface area (Å²) >= 11 is 0. The van der Waals surface area contributed by atoms with Crippen LogP contribution in [0, 0.1) is 0 Å². The summed E-state index contributed by atoms with van der Waals surface area (Å²) in [7, 11) is 0. The van der Waals surface area contributed by atoms with Crippen LogP contribution in [0.2, 0.25) is 0 Å². The number of carbonyl (C=O) groups excluding carboxylic acids is 1. The largest absolute Gasteiger partial charge is 0.491 e. The highest BCUT2D eigenvalue weighted by atomic mass is 16.6. The molecular weight excluding hydrogens is 446 g/mol. The van der Waals surface area contributed by atoms with E-state index in [-0.39, 0.29) is 5.91 Å². The molecule has 0 radical (unpaired) electrons. The molecule has 0 aliphatic carbocycles. The minimum absolute atomic E-state index is 0.0929. The fraction of sp³-hybridized carbons (Fsp3) is 0.750. The molecule has 0 aromatic heterocycles. The molecule has 1 N–H and O–H groups in total. The molecule has 35 heavy (non-hydrogen) atoms. The normalized spacial score (nSPS) is 11.0. The predicted molar refractivity (Wildman–Crippen MR) is 141 cm³/mol. The molecule has 1 rings (SSSR count). The zero-order chi connectivity index (χ0) is 25.2. The molecule has 0 heterocycles. The van der Waals surface area contributed by atoms with Crippen molar-refractivity contribution in [2.24, 2.45) is 0 Å². The number of rotatable bonds is 25. The molecule has 1 aromatic rings. The van der Waals surface area contributed by atoms with Crippen molar-refractivity contribution in [3.05, 3.63) is 24.3 Å². The third-order valence-corrected chi connectivity index (χ3v) is 5.43. The molecule has 0 atom stereocenters. The molecule has 7 heteroatoms. The summed E-state index contributed by atoms with van der Waals surface area (Å²) < 4.78 is 27.7. The summed E-state index contributed by atoms with van der Waals surface area (Å²) in [6.07, 6.45) is 13.4. The zero-order valence-electron chi connectivity index (χ0n) is 22.2. The highest BCUT2D eigenvalue weighted by Gasteiger charge is 1.98. The fourth-order valence-corrected chi connectivity index (χ4v) is 3.51. The van der Waals surface area contributed by atoms with Gasteiger partial charge in [0.25, 0.3) is 0 Å². The second-order valence-corrected chi connectivity index (χ2v) is 8.69. The van der Waals surface area contributed by atoms with E-state index in [0.29, 0.717) is 52.9 Å². The van der Waals surface area contributed by atoms with Crippen molar-refractivity contribution in [3.63, 3.8) is 0 Å². The summed E-state index contributed by atoms with van der Waals surface area (Å²) in [5.74, 6) is 0.647. The van der Waals surface area contributed by atoms with Gasteiger partial charge in [0, 0.05) is 19.2 Å². The Balaban J connectivity index is 1.73. The lowest BCUT2D eigenvalue weighted by Crippen LogP contribution is -2.14. The zero-order valence-corrected chi connectivity index (χ0v) is 22.2. The van der Waals surface area contributed by atoms with Gasteiger partial charge in [-0.1, -0.05) is 64.7 Å². The highest BCUT2D eigenvalue weighted by molar-refractivity contribution is 5.88. The molecule has 0 saturated heterocycles. The van der Waals surface area contributed by atoms with Crippen LogP contribution in [0.5, 0.6) is 5.75 Å². The van der Waals surface area contributed by atoms with E-state index in [1.54, 1.807) is 12.1 Å². The summed E-state index contributed by atoms with van der Waals surface area (Å²) in [5, 5.41) is 2.72. The van der Waals surface area contributed by atoms with Gasteiger partial charge in [-0.25, -0.2) is 0 Å². The highest BCUT2D eigenvalue weighted by Crippen LogP contribution is 2.15. The predicted octanol–water partition coefficient (Wildman–Crippen LogP) is 6.01. The SMILES string of the molecule is CCCCCCCCCCCCOCCOCCOCCOCCOc1ccc(NC(C)=O)cc1. The maximum absolute atomic E-state index is 11.0. The molecule has 1 aromatic carbocycles. The van der Waals surface area contributed by atoms with Crippen LogP contribution in [0.25, 0.3) is 0 Å². The van der Waals surface area contributed by atoms with Crippen molar-refractivity contribution >= 4 is 11.6 Å². The van der Waals surface area contributed by atoms with Crippen LogP contribution in [0.15, 0.2) is 24.3 Å². The molecule has 0 aliphatic heterocycles. The standard InChI is InChI=1S/C28H49NO6/c1-3-4-5-6-7-8-9-10-11-12-17-31-18-19-32-20-21-33-22-23-34-24-25-35-28-15-13-27(14-16-28)29-26(2)30/h13-16H,3-12,17-25H2,1-2H3,(H,29,30). The van der Waals surface area contributed by atoms with Crippen LogP contribution in [0.3, 0.4) is 0 Å². The van der Waals surface area contributed by atoms with Gasteiger partial charge >= 0.3 is 0 Å². The Morgan fingerprint density at radius 2 is 1.03 bits per heavy atom. The van der Waals surface area contributed by atoms with Gasteiger partial charge < -0.3 is 29.0 Å². The smallest absolute Gasteiger partial charge is 0.221 e. The lowest BCUT2D eigenvalue weighted by Gasteiger charge is -2.09. The Bertz CT molecular complexity index is 596. The van der Waals surface area contributed by atoms with Gasteiger partial charge in [-0.2, -0.15) is 0 Å². The summed E-state index contributed by atoms with van der Waals surface area (Å²) in [5.41, 5.74) is 0.749. The fourth-order valence-electron chi connectivity index (χ4n) is 3.51. The van der Waals surface area contributed by atoms with E-state index in [1.165, 1.54) is 64.7 Å². The lowest BCUT2D eigenvalue weighted by molar-refractivity contribution is -0.114. The molecule has 0 saturated carbocycles. The Labute approximate surface area is 213 Å². The first-order valence-electron chi connectivity index (χ1n) is 13.5. The number of carbonyl (C=O) groups is 1. The summed E-state index contributed by atoms with van der Waals surface area (Å²) in [6.45, 7) is 8.97. The molecule has 0 bridgehead atoms. The first kappa shape index (κ1) is 31.4. The van der Waals surface area contributed by atoms with Gasteiger partial charge in [0.15, 0.2) is 0 Å². The van der Waals surface area contributed by atoms with Crippen LogP contribution in [-0.2, 0) is 23.7 Å². The molecule has 0 unspecified atom stereocenters. The first-order chi connectivity index (χ1) is 17.2. The molecule has 202 valence electrons. The van der Waals surface area contributed by atoms with E-state index in [9.17, 15) is 4.79 Å². The maximum atomic E-state index is 11.0. The van der Waals surface area contributed by atoms with Crippen LogP contribution >= 0.6 is 0 Å². The van der Waals surface area contributed by atoms with E-state index in [0.717, 1.165) is 24.5 Å².